The Kier molecular flexibility index (Phi) is 19.9. The van der Waals surface area contributed by atoms with Crippen molar-refractivity contribution in [3.63, 3.8) is 0 Å². The van der Waals surface area contributed by atoms with Gasteiger partial charge >= 0.3 is 0 Å². The van der Waals surface area contributed by atoms with Gasteiger partial charge in [0.1, 0.15) is 0 Å². The number of hydrogen-bond donors (Lipinski definition) is 0. The van der Waals surface area contributed by atoms with E-state index in [4.69, 9.17) is 18.6 Å². The normalized spacial score (nSPS) is 12.0. The first-order valence-corrected chi connectivity index (χ1v) is 14.1. The predicted molar refractivity (Wildman–Crippen MR) is 114 cm³/mol. The molecule has 26 heavy (non-hydrogen) atoms. The molecule has 158 valence electrons. The Bertz CT molecular complexity index is 275. The molecule has 0 radical (unpaired) electrons. The summed E-state index contributed by atoms with van der Waals surface area (Å²) in [6.07, 6.45) is 12.1. The fourth-order valence-corrected chi connectivity index (χ4v) is 5.07. The van der Waals surface area contributed by atoms with E-state index in [0.29, 0.717) is 26.4 Å². The quantitative estimate of drug-likeness (QED) is 0.183. The van der Waals surface area contributed by atoms with Crippen LogP contribution in [0.2, 0.25) is 19.1 Å². The highest BCUT2D eigenvalue weighted by molar-refractivity contribution is 6.71. The summed E-state index contributed by atoms with van der Waals surface area (Å²) in [7, 11) is -1.34. The van der Waals surface area contributed by atoms with Gasteiger partial charge in [-0.05, 0) is 39.4 Å². The van der Waals surface area contributed by atoms with Crippen molar-refractivity contribution in [1.29, 1.82) is 0 Å². The second-order valence-corrected chi connectivity index (χ2v) is 11.9. The first kappa shape index (κ1) is 26.1. The van der Waals surface area contributed by atoms with Crippen LogP contribution < -0.4 is 0 Å². The molecule has 0 atom stereocenters. The lowest BCUT2D eigenvalue weighted by atomic mass is 10.1. The fraction of sp³-hybridized carbons (Fsp3) is 1.00. The summed E-state index contributed by atoms with van der Waals surface area (Å²) in [4.78, 5) is 0. The zero-order valence-corrected chi connectivity index (χ0v) is 19.2. The molecule has 0 aliphatic rings. The SMILES string of the molecule is CCOCCOCCOCCCCCCCCCCC[Si](C)(C)OCC. The molecule has 0 saturated heterocycles. The van der Waals surface area contributed by atoms with Crippen LogP contribution in [0.4, 0.5) is 0 Å². The lowest BCUT2D eigenvalue weighted by Crippen LogP contribution is -2.29. The maximum absolute atomic E-state index is 5.88. The van der Waals surface area contributed by atoms with Crippen LogP contribution >= 0.6 is 0 Å². The Morgan fingerprint density at radius 3 is 1.50 bits per heavy atom. The molecular weight excluding hydrogens is 344 g/mol. The van der Waals surface area contributed by atoms with Gasteiger partial charge < -0.3 is 18.6 Å². The molecule has 4 nitrogen and oxygen atoms in total. The largest absolute Gasteiger partial charge is 0.418 e. The van der Waals surface area contributed by atoms with E-state index in [9.17, 15) is 0 Å². The highest BCUT2D eigenvalue weighted by atomic mass is 28.4. The minimum Gasteiger partial charge on any atom is -0.418 e. The zero-order valence-electron chi connectivity index (χ0n) is 18.2. The van der Waals surface area contributed by atoms with Crippen molar-refractivity contribution in [3.8, 4) is 0 Å². The van der Waals surface area contributed by atoms with Crippen LogP contribution in [0.25, 0.3) is 0 Å². The van der Waals surface area contributed by atoms with E-state index in [1.165, 1.54) is 63.8 Å². The third kappa shape index (κ3) is 20.4. The molecule has 0 saturated carbocycles. The summed E-state index contributed by atoms with van der Waals surface area (Å²) in [5.74, 6) is 0. The van der Waals surface area contributed by atoms with Gasteiger partial charge in [-0.1, -0.05) is 51.4 Å². The van der Waals surface area contributed by atoms with Gasteiger partial charge in [0.05, 0.1) is 26.4 Å². The number of rotatable bonds is 21. The molecule has 0 rings (SSSR count). The van der Waals surface area contributed by atoms with Gasteiger partial charge in [0.2, 0.25) is 0 Å². The number of unbranched alkanes of at least 4 members (excludes halogenated alkanes) is 8. The van der Waals surface area contributed by atoms with E-state index in [1.54, 1.807) is 0 Å². The van der Waals surface area contributed by atoms with Crippen molar-refractivity contribution in [1.82, 2.24) is 0 Å². The summed E-state index contributed by atoms with van der Waals surface area (Å²) in [5, 5.41) is 0. The van der Waals surface area contributed by atoms with Crippen LogP contribution in [0.15, 0.2) is 0 Å². The van der Waals surface area contributed by atoms with Crippen molar-refractivity contribution < 1.29 is 18.6 Å². The van der Waals surface area contributed by atoms with Gasteiger partial charge in [0.15, 0.2) is 8.32 Å². The second kappa shape index (κ2) is 19.8. The summed E-state index contributed by atoms with van der Waals surface area (Å²) in [6.45, 7) is 14.0. The van der Waals surface area contributed by atoms with Gasteiger partial charge in [-0.25, -0.2) is 0 Å². The molecule has 0 N–H and O–H groups in total. The van der Waals surface area contributed by atoms with Gasteiger partial charge in [0.25, 0.3) is 0 Å². The van der Waals surface area contributed by atoms with Crippen LogP contribution in [-0.2, 0) is 18.6 Å². The molecule has 0 aliphatic heterocycles. The van der Waals surface area contributed by atoms with E-state index < -0.39 is 8.32 Å². The molecule has 0 aromatic carbocycles. The van der Waals surface area contributed by atoms with E-state index >= 15 is 0 Å². The van der Waals surface area contributed by atoms with E-state index in [1.807, 2.05) is 6.92 Å². The first-order valence-electron chi connectivity index (χ1n) is 11.0. The smallest absolute Gasteiger partial charge is 0.186 e. The van der Waals surface area contributed by atoms with Gasteiger partial charge in [-0.2, -0.15) is 0 Å². The Morgan fingerprint density at radius 2 is 0.962 bits per heavy atom. The predicted octanol–water partition coefficient (Wildman–Crippen LogP) is 5.81. The van der Waals surface area contributed by atoms with Crippen molar-refractivity contribution in [2.24, 2.45) is 0 Å². The molecular formula is C21H46O4Si. The summed E-state index contributed by atoms with van der Waals surface area (Å²) >= 11 is 0. The Morgan fingerprint density at radius 1 is 0.500 bits per heavy atom. The third-order valence-corrected chi connectivity index (χ3v) is 7.18. The standard InChI is InChI=1S/C21H46O4Si/c1-5-22-17-18-24-20-19-23-16-14-12-10-8-7-9-11-13-15-21-26(3,4)25-6-2/h5-21H2,1-4H3. The zero-order chi connectivity index (χ0) is 19.3. The topological polar surface area (TPSA) is 36.9 Å². The number of ether oxygens (including phenoxy) is 3. The maximum atomic E-state index is 5.88. The van der Waals surface area contributed by atoms with Crippen LogP contribution in [-0.4, -0.2) is 54.6 Å². The third-order valence-electron chi connectivity index (χ3n) is 4.55. The highest BCUT2D eigenvalue weighted by Gasteiger charge is 2.20. The lowest BCUT2D eigenvalue weighted by Gasteiger charge is -2.21. The Balaban J connectivity index is 3.09. The first-order chi connectivity index (χ1) is 12.6. The van der Waals surface area contributed by atoms with Crippen LogP contribution in [0.1, 0.15) is 71.6 Å². The van der Waals surface area contributed by atoms with E-state index in [-0.39, 0.29) is 0 Å². The molecule has 0 heterocycles. The molecule has 0 bridgehead atoms. The van der Waals surface area contributed by atoms with Crippen LogP contribution in [0, 0.1) is 0 Å². The van der Waals surface area contributed by atoms with Crippen molar-refractivity contribution >= 4 is 8.32 Å². The fourth-order valence-electron chi connectivity index (χ4n) is 3.04. The van der Waals surface area contributed by atoms with Gasteiger partial charge in [-0.3, -0.25) is 0 Å². The minimum atomic E-state index is -1.34. The van der Waals surface area contributed by atoms with E-state index in [2.05, 4.69) is 20.0 Å². The minimum absolute atomic E-state index is 0.670. The van der Waals surface area contributed by atoms with Gasteiger partial charge in [-0.15, -0.1) is 0 Å². The van der Waals surface area contributed by atoms with Crippen molar-refractivity contribution in [3.05, 3.63) is 0 Å². The average Bonchev–Trinajstić information content (AvgIpc) is 2.60. The summed E-state index contributed by atoms with van der Waals surface area (Å²) in [5.41, 5.74) is 0. The summed E-state index contributed by atoms with van der Waals surface area (Å²) < 4.78 is 22.1. The second-order valence-electron chi connectivity index (χ2n) is 7.55. The van der Waals surface area contributed by atoms with Crippen molar-refractivity contribution in [2.45, 2.75) is 90.8 Å². The van der Waals surface area contributed by atoms with Gasteiger partial charge in [0, 0.05) is 19.8 Å². The Labute approximate surface area is 164 Å². The number of hydrogen-bond acceptors (Lipinski definition) is 4. The monoisotopic (exact) mass is 390 g/mol. The lowest BCUT2D eigenvalue weighted by molar-refractivity contribution is 0.0162. The molecule has 0 spiro atoms. The highest BCUT2D eigenvalue weighted by Crippen LogP contribution is 2.17. The van der Waals surface area contributed by atoms with Crippen LogP contribution in [0.3, 0.4) is 0 Å². The maximum Gasteiger partial charge on any atom is 0.186 e. The van der Waals surface area contributed by atoms with E-state index in [0.717, 1.165) is 19.8 Å². The molecule has 0 fully saturated rings. The molecule has 0 aliphatic carbocycles. The van der Waals surface area contributed by atoms with Crippen LogP contribution in [0.5, 0.6) is 0 Å². The molecule has 0 aromatic rings. The summed E-state index contributed by atoms with van der Waals surface area (Å²) in [6, 6.07) is 1.32. The molecule has 0 aromatic heterocycles. The molecule has 0 amide bonds. The molecule has 5 heteroatoms. The van der Waals surface area contributed by atoms with Crippen molar-refractivity contribution in [2.75, 3.05) is 46.2 Å². The Hall–Kier alpha value is 0.0569. The average molecular weight is 391 g/mol. The molecule has 0 unspecified atom stereocenters.